The van der Waals surface area contributed by atoms with Crippen LogP contribution in [-0.4, -0.2) is 29.6 Å². The van der Waals surface area contributed by atoms with E-state index < -0.39 is 0 Å². The molecule has 1 fully saturated rings. The smallest absolute Gasteiger partial charge is 0.0389 e. The Morgan fingerprint density at radius 1 is 1.12 bits per heavy atom. The molecule has 0 aromatic carbocycles. The number of nitrogens with one attached hydrogen (secondary N) is 1. The van der Waals surface area contributed by atoms with Crippen LogP contribution in [-0.2, 0) is 0 Å². The molecule has 1 rings (SSSR count). The van der Waals surface area contributed by atoms with Crippen LogP contribution in [0.1, 0.15) is 60.3 Å². The number of hydrazine groups is 1. The minimum Gasteiger partial charge on any atom is -0.297 e. The standard InChI is InChI=1S/C14H31N3/c1-13(2,3)9-8-12(16-15)14(4,5)17-10-6-7-11-17/h12,16H,6-11,15H2,1-5H3. The maximum atomic E-state index is 5.78. The van der Waals surface area contributed by atoms with Crippen molar-refractivity contribution in [3.63, 3.8) is 0 Å². The Balaban J connectivity index is 2.58. The number of hydrogen-bond acceptors (Lipinski definition) is 3. The van der Waals surface area contributed by atoms with Gasteiger partial charge in [-0.15, -0.1) is 0 Å². The van der Waals surface area contributed by atoms with E-state index in [-0.39, 0.29) is 5.54 Å². The lowest BCUT2D eigenvalue weighted by molar-refractivity contribution is 0.0961. The fraction of sp³-hybridized carbons (Fsp3) is 1.00. The number of nitrogens with two attached hydrogens (primary N) is 1. The van der Waals surface area contributed by atoms with Crippen molar-refractivity contribution in [1.82, 2.24) is 10.3 Å². The van der Waals surface area contributed by atoms with Gasteiger partial charge in [0.05, 0.1) is 0 Å². The summed E-state index contributed by atoms with van der Waals surface area (Å²) in [4.78, 5) is 2.58. The Kier molecular flexibility index (Phi) is 4.99. The lowest BCUT2D eigenvalue weighted by Gasteiger charge is -2.42. The first-order valence-corrected chi connectivity index (χ1v) is 6.98. The molecule has 0 saturated carbocycles. The lowest BCUT2D eigenvalue weighted by atomic mass is 9.83. The second-order valence-corrected chi connectivity index (χ2v) is 7.17. The summed E-state index contributed by atoms with van der Waals surface area (Å²) in [6.07, 6.45) is 5.02. The van der Waals surface area contributed by atoms with Gasteiger partial charge in [0, 0.05) is 11.6 Å². The molecule has 1 heterocycles. The van der Waals surface area contributed by atoms with E-state index >= 15 is 0 Å². The third-order valence-electron chi connectivity index (χ3n) is 4.16. The molecule has 1 aliphatic heterocycles. The largest absolute Gasteiger partial charge is 0.297 e. The van der Waals surface area contributed by atoms with Gasteiger partial charge in [0.15, 0.2) is 0 Å². The van der Waals surface area contributed by atoms with Crippen LogP contribution in [0.4, 0.5) is 0 Å². The minimum atomic E-state index is 0.163. The van der Waals surface area contributed by atoms with Gasteiger partial charge in [-0.25, -0.2) is 0 Å². The van der Waals surface area contributed by atoms with E-state index in [0.29, 0.717) is 11.5 Å². The molecule has 0 aromatic heterocycles. The van der Waals surface area contributed by atoms with Crippen molar-refractivity contribution in [1.29, 1.82) is 0 Å². The Morgan fingerprint density at radius 2 is 1.65 bits per heavy atom. The summed E-state index contributed by atoms with van der Waals surface area (Å²) in [6, 6.07) is 0.375. The summed E-state index contributed by atoms with van der Waals surface area (Å²) in [6.45, 7) is 14.0. The molecule has 102 valence electrons. The number of likely N-dealkylation sites (tertiary alicyclic amines) is 1. The summed E-state index contributed by atoms with van der Waals surface area (Å²) >= 11 is 0. The van der Waals surface area contributed by atoms with Gasteiger partial charge in [-0.3, -0.25) is 16.2 Å². The molecule has 0 radical (unpaired) electrons. The highest BCUT2D eigenvalue weighted by atomic mass is 15.3. The molecule has 0 aliphatic carbocycles. The van der Waals surface area contributed by atoms with Gasteiger partial charge in [0.1, 0.15) is 0 Å². The predicted molar refractivity (Wildman–Crippen MR) is 74.7 cm³/mol. The quantitative estimate of drug-likeness (QED) is 0.574. The van der Waals surface area contributed by atoms with Crippen molar-refractivity contribution < 1.29 is 0 Å². The van der Waals surface area contributed by atoms with Gasteiger partial charge in [0.25, 0.3) is 0 Å². The van der Waals surface area contributed by atoms with E-state index in [0.717, 1.165) is 6.42 Å². The maximum absolute atomic E-state index is 5.78. The highest BCUT2D eigenvalue weighted by molar-refractivity contribution is 4.94. The predicted octanol–water partition coefficient (Wildman–Crippen LogP) is 2.52. The molecule has 0 aromatic rings. The fourth-order valence-corrected chi connectivity index (χ4v) is 2.73. The number of nitrogens with zero attached hydrogens (tertiary/aromatic N) is 1. The first-order chi connectivity index (χ1) is 7.77. The van der Waals surface area contributed by atoms with E-state index in [1.807, 2.05) is 0 Å². The Hall–Kier alpha value is -0.120. The first kappa shape index (κ1) is 14.9. The van der Waals surface area contributed by atoms with Gasteiger partial charge in [-0.1, -0.05) is 20.8 Å². The number of hydrogen-bond donors (Lipinski definition) is 2. The summed E-state index contributed by atoms with van der Waals surface area (Å²) in [7, 11) is 0. The molecule has 1 saturated heterocycles. The minimum absolute atomic E-state index is 0.163. The molecular formula is C14H31N3. The molecular weight excluding hydrogens is 210 g/mol. The van der Waals surface area contributed by atoms with Crippen molar-refractivity contribution >= 4 is 0 Å². The van der Waals surface area contributed by atoms with Crippen molar-refractivity contribution in [3.8, 4) is 0 Å². The first-order valence-electron chi connectivity index (χ1n) is 6.98. The van der Waals surface area contributed by atoms with Crippen LogP contribution >= 0.6 is 0 Å². The van der Waals surface area contributed by atoms with Crippen LogP contribution in [0.3, 0.4) is 0 Å². The highest BCUT2D eigenvalue weighted by Gasteiger charge is 2.36. The van der Waals surface area contributed by atoms with Gasteiger partial charge in [-0.2, -0.15) is 0 Å². The molecule has 1 atom stereocenters. The Bertz CT molecular complexity index is 224. The van der Waals surface area contributed by atoms with Gasteiger partial charge >= 0.3 is 0 Å². The lowest BCUT2D eigenvalue weighted by Crippen LogP contribution is -2.58. The Morgan fingerprint density at radius 3 is 2.06 bits per heavy atom. The highest BCUT2D eigenvalue weighted by Crippen LogP contribution is 2.29. The SMILES string of the molecule is CC(C)(C)CCC(NN)C(C)(C)N1CCCC1. The molecule has 3 heteroatoms. The summed E-state index contributed by atoms with van der Waals surface area (Å²) in [5, 5.41) is 0. The van der Waals surface area contributed by atoms with E-state index in [4.69, 9.17) is 5.84 Å². The maximum Gasteiger partial charge on any atom is 0.0389 e. The van der Waals surface area contributed by atoms with Crippen molar-refractivity contribution in [3.05, 3.63) is 0 Å². The zero-order valence-electron chi connectivity index (χ0n) is 12.3. The van der Waals surface area contributed by atoms with Gasteiger partial charge in [-0.05, 0) is 58.0 Å². The second kappa shape index (κ2) is 5.68. The summed E-state index contributed by atoms with van der Waals surface area (Å²) < 4.78 is 0. The topological polar surface area (TPSA) is 41.3 Å². The molecule has 0 spiro atoms. The van der Waals surface area contributed by atoms with Crippen molar-refractivity contribution in [2.24, 2.45) is 11.3 Å². The van der Waals surface area contributed by atoms with Gasteiger partial charge in [0.2, 0.25) is 0 Å². The van der Waals surface area contributed by atoms with E-state index in [9.17, 15) is 0 Å². The van der Waals surface area contributed by atoms with Crippen LogP contribution in [0.5, 0.6) is 0 Å². The monoisotopic (exact) mass is 241 g/mol. The molecule has 3 nitrogen and oxygen atoms in total. The zero-order chi connectivity index (χ0) is 13.1. The average molecular weight is 241 g/mol. The molecule has 0 bridgehead atoms. The average Bonchev–Trinajstić information content (AvgIpc) is 2.69. The van der Waals surface area contributed by atoms with Gasteiger partial charge < -0.3 is 0 Å². The fourth-order valence-electron chi connectivity index (χ4n) is 2.73. The molecule has 17 heavy (non-hydrogen) atoms. The molecule has 0 amide bonds. The van der Waals surface area contributed by atoms with Crippen molar-refractivity contribution in [2.45, 2.75) is 71.9 Å². The molecule has 3 N–H and O–H groups in total. The normalized spacial score (nSPS) is 20.8. The summed E-state index contributed by atoms with van der Waals surface area (Å²) in [5.74, 6) is 5.78. The summed E-state index contributed by atoms with van der Waals surface area (Å²) in [5.41, 5.74) is 3.60. The van der Waals surface area contributed by atoms with E-state index in [1.165, 1.54) is 32.4 Å². The van der Waals surface area contributed by atoms with Crippen LogP contribution < -0.4 is 11.3 Å². The van der Waals surface area contributed by atoms with E-state index in [1.54, 1.807) is 0 Å². The zero-order valence-corrected chi connectivity index (χ0v) is 12.3. The van der Waals surface area contributed by atoms with Crippen molar-refractivity contribution in [2.75, 3.05) is 13.1 Å². The van der Waals surface area contributed by atoms with E-state index in [2.05, 4.69) is 44.9 Å². The van der Waals surface area contributed by atoms with Crippen LogP contribution in [0.2, 0.25) is 0 Å². The number of rotatable bonds is 5. The third kappa shape index (κ3) is 4.23. The van der Waals surface area contributed by atoms with Crippen LogP contribution in [0.25, 0.3) is 0 Å². The molecule has 1 unspecified atom stereocenters. The second-order valence-electron chi connectivity index (χ2n) is 7.17. The Labute approximate surface area is 107 Å². The van der Waals surface area contributed by atoms with Crippen LogP contribution in [0, 0.1) is 5.41 Å². The van der Waals surface area contributed by atoms with Crippen LogP contribution in [0.15, 0.2) is 0 Å². The third-order valence-corrected chi connectivity index (χ3v) is 4.16. The molecule has 1 aliphatic rings.